The fraction of sp³-hybridized carbons (Fsp3) is 0.375. The molecule has 0 aliphatic heterocycles. The Hall–Kier alpha value is -2.35. The normalized spacial score (nSPS) is 14.5. The molecule has 1 unspecified atom stereocenters. The molecule has 0 saturated heterocycles. The predicted octanol–water partition coefficient (Wildman–Crippen LogP) is 2.71. The second-order valence-electron chi connectivity index (χ2n) is 5.76. The monoisotopic (exact) mass is 341 g/mol. The Labute approximate surface area is 136 Å². The molecule has 2 rings (SSSR count). The SMILES string of the molecule is CC(C)c1[nH]ncc1C(=O)NCC(O)(c1ccccc1)C(F)(F)F. The number of benzene rings is 1. The van der Waals surface area contributed by atoms with E-state index in [9.17, 15) is 23.1 Å². The summed E-state index contributed by atoms with van der Waals surface area (Å²) in [6, 6.07) is 6.65. The average Bonchev–Trinajstić information content (AvgIpc) is 3.02. The smallest absolute Gasteiger partial charge is 0.375 e. The van der Waals surface area contributed by atoms with Crippen molar-refractivity contribution in [2.24, 2.45) is 0 Å². The summed E-state index contributed by atoms with van der Waals surface area (Å²) in [7, 11) is 0. The largest absolute Gasteiger partial charge is 0.423 e. The number of amides is 1. The Morgan fingerprint density at radius 2 is 1.92 bits per heavy atom. The number of nitrogens with one attached hydrogen (secondary N) is 2. The van der Waals surface area contributed by atoms with E-state index >= 15 is 0 Å². The summed E-state index contributed by atoms with van der Waals surface area (Å²) in [5, 5.41) is 18.7. The van der Waals surface area contributed by atoms with Crippen molar-refractivity contribution in [1.82, 2.24) is 15.5 Å². The highest BCUT2D eigenvalue weighted by Gasteiger charge is 2.55. The molecular weight excluding hydrogens is 323 g/mol. The van der Waals surface area contributed by atoms with E-state index in [2.05, 4.69) is 15.5 Å². The highest BCUT2D eigenvalue weighted by molar-refractivity contribution is 5.95. The molecule has 1 aromatic heterocycles. The maximum absolute atomic E-state index is 13.4. The number of halogens is 3. The Bertz CT molecular complexity index is 698. The van der Waals surface area contributed by atoms with Gasteiger partial charge in [-0.15, -0.1) is 0 Å². The molecule has 0 saturated carbocycles. The molecule has 3 N–H and O–H groups in total. The third kappa shape index (κ3) is 3.43. The van der Waals surface area contributed by atoms with Crippen LogP contribution in [0.3, 0.4) is 0 Å². The topological polar surface area (TPSA) is 78.0 Å². The van der Waals surface area contributed by atoms with Crippen LogP contribution in [0.25, 0.3) is 0 Å². The van der Waals surface area contributed by atoms with Gasteiger partial charge in [-0.1, -0.05) is 44.2 Å². The van der Waals surface area contributed by atoms with Gasteiger partial charge in [-0.05, 0) is 11.5 Å². The molecule has 0 aliphatic carbocycles. The van der Waals surface area contributed by atoms with Crippen LogP contribution in [-0.2, 0) is 5.60 Å². The zero-order valence-electron chi connectivity index (χ0n) is 13.2. The Morgan fingerprint density at radius 3 is 2.46 bits per heavy atom. The number of hydrogen-bond donors (Lipinski definition) is 3. The Morgan fingerprint density at radius 1 is 1.29 bits per heavy atom. The lowest BCUT2D eigenvalue weighted by Gasteiger charge is -2.31. The number of hydrogen-bond acceptors (Lipinski definition) is 3. The Kier molecular flexibility index (Phi) is 4.98. The minimum absolute atomic E-state index is 0.0520. The molecule has 8 heteroatoms. The molecule has 24 heavy (non-hydrogen) atoms. The molecule has 0 bridgehead atoms. The van der Waals surface area contributed by atoms with Crippen molar-refractivity contribution in [3.05, 3.63) is 53.3 Å². The highest BCUT2D eigenvalue weighted by atomic mass is 19.4. The van der Waals surface area contributed by atoms with Gasteiger partial charge in [0.15, 0.2) is 0 Å². The Balaban J connectivity index is 2.23. The quantitative estimate of drug-likeness (QED) is 0.782. The van der Waals surface area contributed by atoms with Gasteiger partial charge in [0.1, 0.15) is 0 Å². The number of aromatic nitrogens is 2. The first-order chi connectivity index (χ1) is 11.2. The number of alkyl halides is 3. The van der Waals surface area contributed by atoms with Gasteiger partial charge in [0.05, 0.1) is 24.0 Å². The van der Waals surface area contributed by atoms with Gasteiger partial charge in [-0.3, -0.25) is 9.89 Å². The van der Waals surface area contributed by atoms with Gasteiger partial charge in [-0.25, -0.2) is 0 Å². The van der Waals surface area contributed by atoms with Crippen molar-refractivity contribution in [1.29, 1.82) is 0 Å². The van der Waals surface area contributed by atoms with Crippen LogP contribution in [0, 0.1) is 0 Å². The summed E-state index contributed by atoms with van der Waals surface area (Å²) >= 11 is 0. The summed E-state index contributed by atoms with van der Waals surface area (Å²) < 4.78 is 40.1. The lowest BCUT2D eigenvalue weighted by Crippen LogP contribution is -2.51. The fourth-order valence-corrected chi connectivity index (χ4v) is 2.30. The van der Waals surface area contributed by atoms with Crippen molar-refractivity contribution < 1.29 is 23.1 Å². The number of nitrogens with zero attached hydrogens (tertiary/aromatic N) is 1. The third-order valence-electron chi connectivity index (χ3n) is 3.72. The third-order valence-corrected chi connectivity index (χ3v) is 3.72. The van der Waals surface area contributed by atoms with Crippen molar-refractivity contribution in [3.63, 3.8) is 0 Å². The summed E-state index contributed by atoms with van der Waals surface area (Å²) in [6.07, 6.45) is -3.70. The number of rotatable bonds is 5. The lowest BCUT2D eigenvalue weighted by molar-refractivity contribution is -0.263. The predicted molar refractivity (Wildman–Crippen MR) is 81.4 cm³/mol. The molecule has 1 amide bonds. The number of H-pyrrole nitrogens is 1. The first-order valence-corrected chi connectivity index (χ1v) is 7.33. The van der Waals surface area contributed by atoms with Crippen LogP contribution in [-0.4, -0.2) is 33.9 Å². The van der Waals surface area contributed by atoms with Crippen molar-refractivity contribution in [3.8, 4) is 0 Å². The molecule has 1 aromatic carbocycles. The van der Waals surface area contributed by atoms with Crippen molar-refractivity contribution >= 4 is 5.91 Å². The van der Waals surface area contributed by atoms with Crippen LogP contribution in [0.4, 0.5) is 13.2 Å². The average molecular weight is 341 g/mol. The molecule has 2 aromatic rings. The summed E-state index contributed by atoms with van der Waals surface area (Å²) in [6.45, 7) is 2.64. The summed E-state index contributed by atoms with van der Waals surface area (Å²) in [5.41, 5.74) is -2.84. The van der Waals surface area contributed by atoms with E-state index in [0.717, 1.165) is 12.1 Å². The maximum Gasteiger partial charge on any atom is 0.423 e. The minimum atomic E-state index is -4.95. The first kappa shape index (κ1) is 18.0. The molecular formula is C16H18F3N3O2. The number of aromatic amines is 1. The molecule has 0 aliphatic rings. The number of carbonyl (C=O) groups excluding carboxylic acids is 1. The van der Waals surface area contributed by atoms with Crippen LogP contribution in [0.5, 0.6) is 0 Å². The second-order valence-corrected chi connectivity index (χ2v) is 5.76. The molecule has 130 valence electrons. The molecule has 0 spiro atoms. The van der Waals surface area contributed by atoms with E-state index < -0.39 is 24.2 Å². The van der Waals surface area contributed by atoms with Gasteiger partial charge in [0.2, 0.25) is 5.60 Å². The highest BCUT2D eigenvalue weighted by Crippen LogP contribution is 2.38. The summed E-state index contributed by atoms with van der Waals surface area (Å²) in [4.78, 5) is 12.2. The first-order valence-electron chi connectivity index (χ1n) is 7.33. The van der Waals surface area contributed by atoms with E-state index in [0.29, 0.717) is 5.69 Å². The van der Waals surface area contributed by atoms with Crippen molar-refractivity contribution in [2.75, 3.05) is 6.54 Å². The van der Waals surface area contributed by atoms with Crippen molar-refractivity contribution in [2.45, 2.75) is 31.5 Å². The van der Waals surface area contributed by atoms with Crippen LogP contribution in [0.1, 0.15) is 41.4 Å². The van der Waals surface area contributed by atoms with Crippen LogP contribution in [0.15, 0.2) is 36.5 Å². The zero-order valence-corrected chi connectivity index (χ0v) is 13.2. The molecule has 1 heterocycles. The van der Waals surface area contributed by atoms with Gasteiger partial charge in [-0.2, -0.15) is 18.3 Å². The zero-order chi connectivity index (χ0) is 18.0. The minimum Gasteiger partial charge on any atom is -0.375 e. The second kappa shape index (κ2) is 6.64. The van der Waals surface area contributed by atoms with E-state index in [4.69, 9.17) is 0 Å². The van der Waals surface area contributed by atoms with Crippen LogP contribution >= 0.6 is 0 Å². The van der Waals surface area contributed by atoms with E-state index in [1.807, 2.05) is 13.8 Å². The van der Waals surface area contributed by atoms with E-state index in [1.165, 1.54) is 18.3 Å². The standard InChI is InChI=1S/C16H18F3N3O2/c1-10(2)13-12(8-21-22-13)14(23)20-9-15(24,16(17,18)19)11-6-4-3-5-7-11/h3-8,10,24H,9H2,1-2H3,(H,20,23)(H,21,22). The van der Waals surface area contributed by atoms with E-state index in [-0.39, 0.29) is 17.0 Å². The molecule has 1 atom stereocenters. The van der Waals surface area contributed by atoms with Gasteiger partial charge < -0.3 is 10.4 Å². The molecule has 5 nitrogen and oxygen atoms in total. The lowest BCUT2D eigenvalue weighted by atomic mass is 9.93. The van der Waals surface area contributed by atoms with Gasteiger partial charge in [0, 0.05) is 0 Å². The number of aliphatic hydroxyl groups is 1. The summed E-state index contributed by atoms with van der Waals surface area (Å²) in [5.74, 6) is -0.782. The maximum atomic E-state index is 13.4. The van der Waals surface area contributed by atoms with Crippen LogP contribution < -0.4 is 5.32 Å². The fourth-order valence-electron chi connectivity index (χ4n) is 2.30. The van der Waals surface area contributed by atoms with Crippen LogP contribution in [0.2, 0.25) is 0 Å². The van der Waals surface area contributed by atoms with E-state index in [1.54, 1.807) is 6.07 Å². The molecule has 0 fully saturated rings. The molecule has 0 radical (unpaired) electrons. The number of carbonyl (C=O) groups is 1. The van der Waals surface area contributed by atoms with Gasteiger partial charge >= 0.3 is 6.18 Å². The van der Waals surface area contributed by atoms with Gasteiger partial charge in [0.25, 0.3) is 5.91 Å².